The molecule has 78 valence electrons. The molecule has 15 heavy (non-hydrogen) atoms. The van der Waals surface area contributed by atoms with Gasteiger partial charge in [-0.3, -0.25) is 4.98 Å². The first kappa shape index (κ1) is 13.7. The fourth-order valence-corrected chi connectivity index (χ4v) is 1.22. The molecule has 0 unspecified atom stereocenters. The van der Waals surface area contributed by atoms with Gasteiger partial charge in [-0.15, -0.1) is 0 Å². The molecular weight excluding hydrogens is 254 g/mol. The van der Waals surface area contributed by atoms with Crippen LogP contribution in [0.15, 0.2) is 39.4 Å². The van der Waals surface area contributed by atoms with Crippen LogP contribution in [0, 0.1) is 0 Å². The third-order valence-corrected chi connectivity index (χ3v) is 1.93. The summed E-state index contributed by atoms with van der Waals surface area (Å²) < 4.78 is 25.9. The molecule has 5 nitrogen and oxygen atoms in total. The summed E-state index contributed by atoms with van der Waals surface area (Å²) in [4.78, 5) is 3.78. The van der Waals surface area contributed by atoms with E-state index in [4.69, 9.17) is 0 Å². The molecule has 1 aromatic rings. The summed E-state index contributed by atoms with van der Waals surface area (Å²) in [6, 6.07) is 5.72. The van der Waals surface area contributed by atoms with E-state index in [1.54, 1.807) is 22.7 Å². The Bertz CT molecular complexity index is 423. The maximum Gasteiger partial charge on any atom is 0.379 e. The Kier molecular flexibility index (Phi) is 7.35. The summed E-state index contributed by atoms with van der Waals surface area (Å²) in [6.07, 6.45) is 3.50. The third kappa shape index (κ3) is 9.01. The molecule has 0 aliphatic carbocycles. The molecule has 0 atom stereocenters. The Hall–Kier alpha value is -1.30. The fraction of sp³-hybridized carbons (Fsp3) is 0. The number of thiocarbonyl (C=S) groups is 2. The Morgan fingerprint density at radius 2 is 1.47 bits per heavy atom. The smallest absolute Gasteiger partial charge is 0.265 e. The molecule has 0 spiro atoms. The minimum Gasteiger partial charge on any atom is -0.265 e. The van der Waals surface area contributed by atoms with Gasteiger partial charge in [0, 0.05) is 12.4 Å². The fourth-order valence-electron chi connectivity index (χ4n) is 0.427. The van der Waals surface area contributed by atoms with Crippen molar-refractivity contribution in [3.05, 3.63) is 30.6 Å². The number of nitrogens with zero attached hydrogens (tertiary/aromatic N) is 3. The lowest BCUT2D eigenvalue weighted by atomic mass is 10.5. The monoisotopic (exact) mass is 259 g/mol. The molecule has 0 fully saturated rings. The van der Waals surface area contributed by atoms with Crippen molar-refractivity contribution < 1.29 is 8.42 Å². The molecule has 0 aliphatic rings. The highest BCUT2D eigenvalue weighted by molar-refractivity contribution is 7.90. The molecule has 0 saturated carbocycles. The van der Waals surface area contributed by atoms with Gasteiger partial charge in [-0.05, 0) is 36.6 Å². The van der Waals surface area contributed by atoms with E-state index in [1.807, 2.05) is 18.2 Å². The summed E-state index contributed by atoms with van der Waals surface area (Å²) in [7, 11) is -3.86. The highest BCUT2D eigenvalue weighted by Gasteiger charge is 1.98. The SMILES string of the molecule is O=S(=O)(N=C=S)N=C=S.c1ccncc1. The first-order chi connectivity index (χ1) is 7.12. The largest absolute Gasteiger partial charge is 0.379 e. The molecule has 0 amide bonds. The van der Waals surface area contributed by atoms with Crippen LogP contribution in [0.25, 0.3) is 0 Å². The highest BCUT2D eigenvalue weighted by atomic mass is 32.2. The van der Waals surface area contributed by atoms with Crippen molar-refractivity contribution in [2.45, 2.75) is 0 Å². The molecule has 1 rings (SSSR count). The van der Waals surface area contributed by atoms with E-state index >= 15 is 0 Å². The zero-order chi connectivity index (χ0) is 11.6. The van der Waals surface area contributed by atoms with Crippen LogP contribution in [0.5, 0.6) is 0 Å². The molecule has 8 heteroatoms. The zero-order valence-electron chi connectivity index (χ0n) is 7.27. The zero-order valence-corrected chi connectivity index (χ0v) is 9.72. The van der Waals surface area contributed by atoms with Gasteiger partial charge in [0.05, 0.1) is 10.3 Å². The molecule has 0 saturated heterocycles. The van der Waals surface area contributed by atoms with Crippen molar-refractivity contribution in [3.63, 3.8) is 0 Å². The minimum absolute atomic E-state index is 1.63. The molecule has 0 bridgehead atoms. The number of isothiocyanates is 2. The van der Waals surface area contributed by atoms with E-state index in [2.05, 4.69) is 38.2 Å². The standard InChI is InChI=1S/C5H5N.C2N2O2S3/c1-2-4-6-5-3-1;5-9(6,3-1-7)4-2-8/h1-5H;. The number of hydrogen-bond donors (Lipinski definition) is 0. The number of aromatic nitrogens is 1. The summed E-state index contributed by atoms with van der Waals surface area (Å²) in [5.41, 5.74) is 0. The second-order valence-electron chi connectivity index (χ2n) is 1.84. The Labute approximate surface area is 97.8 Å². The van der Waals surface area contributed by atoms with Gasteiger partial charge < -0.3 is 0 Å². The van der Waals surface area contributed by atoms with E-state index in [9.17, 15) is 8.42 Å². The van der Waals surface area contributed by atoms with Crippen molar-refractivity contribution in [2.75, 3.05) is 0 Å². The number of rotatable bonds is 2. The maximum absolute atomic E-state index is 10.2. The summed E-state index contributed by atoms with van der Waals surface area (Å²) in [5.74, 6) is 0. The average Bonchev–Trinajstić information content (AvgIpc) is 2.21. The summed E-state index contributed by atoms with van der Waals surface area (Å²) in [5, 5.41) is 3.27. The van der Waals surface area contributed by atoms with Crippen LogP contribution in [0.1, 0.15) is 0 Å². The minimum atomic E-state index is -3.86. The maximum atomic E-state index is 10.2. The summed E-state index contributed by atoms with van der Waals surface area (Å²) in [6.45, 7) is 0. The van der Waals surface area contributed by atoms with Crippen molar-refractivity contribution in [1.82, 2.24) is 4.98 Å². The van der Waals surface area contributed by atoms with E-state index in [-0.39, 0.29) is 0 Å². The van der Waals surface area contributed by atoms with Crippen molar-refractivity contribution in [1.29, 1.82) is 0 Å². The van der Waals surface area contributed by atoms with Gasteiger partial charge >= 0.3 is 10.2 Å². The van der Waals surface area contributed by atoms with Crippen LogP contribution >= 0.6 is 24.4 Å². The van der Waals surface area contributed by atoms with Crippen LogP contribution in [0.3, 0.4) is 0 Å². The van der Waals surface area contributed by atoms with E-state index in [0.717, 1.165) is 0 Å². The van der Waals surface area contributed by atoms with Crippen molar-refractivity contribution >= 4 is 45.0 Å². The van der Waals surface area contributed by atoms with E-state index in [0.29, 0.717) is 0 Å². The van der Waals surface area contributed by atoms with E-state index < -0.39 is 10.2 Å². The normalized spacial score (nSPS) is 8.53. The lowest BCUT2D eigenvalue weighted by molar-refractivity contribution is 0.600. The Balaban J connectivity index is 0.000000280. The lowest BCUT2D eigenvalue weighted by Gasteiger charge is -1.75. The first-order valence-electron chi connectivity index (χ1n) is 3.40. The van der Waals surface area contributed by atoms with Gasteiger partial charge in [-0.1, -0.05) is 14.9 Å². The van der Waals surface area contributed by atoms with Gasteiger partial charge in [0.25, 0.3) is 0 Å². The van der Waals surface area contributed by atoms with Crippen LogP contribution in [0.4, 0.5) is 0 Å². The second kappa shape index (κ2) is 8.05. The first-order valence-corrected chi connectivity index (χ1v) is 5.62. The molecule has 0 aromatic carbocycles. The van der Waals surface area contributed by atoms with Crippen molar-refractivity contribution in [3.8, 4) is 0 Å². The van der Waals surface area contributed by atoms with Crippen LogP contribution in [-0.2, 0) is 10.2 Å². The molecule has 0 radical (unpaired) electrons. The van der Waals surface area contributed by atoms with Gasteiger partial charge in [0.2, 0.25) is 0 Å². The predicted octanol–water partition coefficient (Wildman–Crippen LogP) is 1.52. The lowest BCUT2D eigenvalue weighted by Crippen LogP contribution is -1.85. The number of hydrogen-bond acceptors (Lipinski definition) is 5. The number of pyridine rings is 1. The molecular formula is C7H5N3O2S3. The third-order valence-electron chi connectivity index (χ3n) is 0.872. The van der Waals surface area contributed by atoms with Gasteiger partial charge in [0.15, 0.2) is 0 Å². The average molecular weight is 259 g/mol. The van der Waals surface area contributed by atoms with Crippen LogP contribution in [-0.4, -0.2) is 23.7 Å². The highest BCUT2D eigenvalue weighted by Crippen LogP contribution is 1.88. The molecule has 1 heterocycles. The van der Waals surface area contributed by atoms with Crippen LogP contribution < -0.4 is 0 Å². The predicted molar refractivity (Wildman–Crippen MR) is 63.2 cm³/mol. The molecule has 0 N–H and O–H groups in total. The molecule has 0 aliphatic heterocycles. The van der Waals surface area contributed by atoms with Gasteiger partial charge in [0.1, 0.15) is 0 Å². The van der Waals surface area contributed by atoms with Gasteiger partial charge in [-0.2, -0.15) is 8.42 Å². The topological polar surface area (TPSA) is 71.8 Å². The van der Waals surface area contributed by atoms with Gasteiger partial charge in [-0.25, -0.2) is 0 Å². The molecule has 1 aromatic heterocycles. The van der Waals surface area contributed by atoms with Crippen molar-refractivity contribution in [2.24, 2.45) is 8.80 Å². The van der Waals surface area contributed by atoms with Crippen LogP contribution in [0.2, 0.25) is 0 Å². The second-order valence-corrected chi connectivity index (χ2v) is 3.46. The Morgan fingerprint density at radius 3 is 1.67 bits per heavy atom. The van der Waals surface area contributed by atoms with E-state index in [1.165, 1.54) is 0 Å². The quantitative estimate of drug-likeness (QED) is 0.595. The summed E-state index contributed by atoms with van der Waals surface area (Å²) >= 11 is 7.99. The Morgan fingerprint density at radius 1 is 1.00 bits per heavy atom.